The van der Waals surface area contributed by atoms with Crippen LogP contribution >= 0.6 is 0 Å². The van der Waals surface area contributed by atoms with Crippen LogP contribution in [0.15, 0.2) is 47.3 Å². The molecule has 0 spiro atoms. The predicted molar refractivity (Wildman–Crippen MR) is 95.0 cm³/mol. The van der Waals surface area contributed by atoms with E-state index in [1.165, 1.54) is 12.1 Å². The molecule has 25 heavy (non-hydrogen) atoms. The van der Waals surface area contributed by atoms with Crippen LogP contribution in [0.3, 0.4) is 0 Å². The zero-order chi connectivity index (χ0) is 18.0. The number of hydrogen-bond donors (Lipinski definition) is 1. The maximum atomic E-state index is 12.9. The second kappa shape index (κ2) is 6.93. The quantitative estimate of drug-likeness (QED) is 0.771. The van der Waals surface area contributed by atoms with Crippen molar-refractivity contribution in [1.29, 1.82) is 0 Å². The molecule has 5 nitrogen and oxygen atoms in total. The summed E-state index contributed by atoms with van der Waals surface area (Å²) in [5.41, 5.74) is 3.54. The molecule has 1 amide bonds. The van der Waals surface area contributed by atoms with Gasteiger partial charge in [0.15, 0.2) is 0 Å². The summed E-state index contributed by atoms with van der Waals surface area (Å²) in [6.07, 6.45) is 0.903. The molecule has 0 saturated carbocycles. The first-order chi connectivity index (χ1) is 12.0. The lowest BCUT2D eigenvalue weighted by atomic mass is 10.1. The number of nitrogens with zero attached hydrogens (tertiary/aromatic N) is 2. The summed E-state index contributed by atoms with van der Waals surface area (Å²) in [6, 6.07) is 11.8. The van der Waals surface area contributed by atoms with E-state index in [1.807, 2.05) is 18.2 Å². The summed E-state index contributed by atoms with van der Waals surface area (Å²) < 4.78 is 16.1. The minimum atomic E-state index is -0.310. The van der Waals surface area contributed by atoms with Gasteiger partial charge in [-0.25, -0.2) is 9.18 Å². The Morgan fingerprint density at radius 2 is 1.64 bits per heavy atom. The smallest absolute Gasteiger partial charge is 0.328 e. The molecule has 0 atom stereocenters. The molecule has 3 aromatic rings. The summed E-state index contributed by atoms with van der Waals surface area (Å²) in [7, 11) is 3.50. The molecule has 1 N–H and O–H groups in total. The van der Waals surface area contributed by atoms with Gasteiger partial charge in [0.25, 0.3) is 0 Å². The lowest BCUT2D eigenvalue weighted by Gasteiger charge is -2.06. The summed E-state index contributed by atoms with van der Waals surface area (Å²) in [4.78, 5) is 23.9. The van der Waals surface area contributed by atoms with Gasteiger partial charge in [-0.15, -0.1) is 0 Å². The Morgan fingerprint density at radius 3 is 2.36 bits per heavy atom. The van der Waals surface area contributed by atoms with Gasteiger partial charge in [0.05, 0.1) is 17.5 Å². The number of imidazole rings is 1. The Hall–Kier alpha value is -2.89. The average Bonchev–Trinajstić information content (AvgIpc) is 2.81. The predicted octanol–water partition coefficient (Wildman–Crippen LogP) is 1.92. The van der Waals surface area contributed by atoms with Crippen molar-refractivity contribution in [2.45, 2.75) is 12.8 Å². The number of amides is 1. The number of carbonyl (C=O) groups excluding carboxylic acids is 1. The standard InChI is InChI=1S/C19H20FN3O2/c1-22-16-8-5-14(11-17(16)23(2)19(22)25)9-10-21-18(24)12-13-3-6-15(20)7-4-13/h3-8,11H,9-10,12H2,1-2H3,(H,21,24). The van der Waals surface area contributed by atoms with E-state index < -0.39 is 0 Å². The number of benzene rings is 2. The molecule has 130 valence electrons. The number of fused-ring (bicyclic) bond motifs is 1. The van der Waals surface area contributed by atoms with E-state index in [0.29, 0.717) is 13.0 Å². The molecule has 0 aliphatic carbocycles. The van der Waals surface area contributed by atoms with Crippen molar-refractivity contribution in [1.82, 2.24) is 14.5 Å². The molecule has 0 aliphatic rings. The maximum absolute atomic E-state index is 12.9. The second-order valence-electron chi connectivity index (χ2n) is 6.13. The van der Waals surface area contributed by atoms with Crippen molar-refractivity contribution in [3.05, 3.63) is 69.9 Å². The third-order valence-electron chi connectivity index (χ3n) is 4.35. The van der Waals surface area contributed by atoms with Gasteiger partial charge in [-0.2, -0.15) is 0 Å². The molecule has 1 heterocycles. The molecule has 0 fully saturated rings. The van der Waals surface area contributed by atoms with Crippen LogP contribution in [0.25, 0.3) is 11.0 Å². The lowest BCUT2D eigenvalue weighted by molar-refractivity contribution is -0.120. The molecule has 1 aromatic heterocycles. The van der Waals surface area contributed by atoms with Crippen LogP contribution in [-0.4, -0.2) is 21.6 Å². The molecule has 0 bridgehead atoms. The Bertz CT molecular complexity index is 971. The number of rotatable bonds is 5. The van der Waals surface area contributed by atoms with Crippen molar-refractivity contribution in [2.24, 2.45) is 14.1 Å². The van der Waals surface area contributed by atoms with Gasteiger partial charge in [0.1, 0.15) is 5.82 Å². The van der Waals surface area contributed by atoms with Gasteiger partial charge < -0.3 is 5.32 Å². The highest BCUT2D eigenvalue weighted by atomic mass is 19.1. The van der Waals surface area contributed by atoms with Crippen LogP contribution in [0.1, 0.15) is 11.1 Å². The highest BCUT2D eigenvalue weighted by molar-refractivity contribution is 5.79. The lowest BCUT2D eigenvalue weighted by Crippen LogP contribution is -2.27. The molecule has 0 unspecified atom stereocenters. The largest absolute Gasteiger partial charge is 0.355 e. The number of carbonyl (C=O) groups is 1. The Labute approximate surface area is 144 Å². The Balaban J connectivity index is 1.59. The summed E-state index contributed by atoms with van der Waals surface area (Å²) in [5.74, 6) is -0.408. The zero-order valence-electron chi connectivity index (χ0n) is 14.3. The van der Waals surface area contributed by atoms with Gasteiger partial charge in [-0.3, -0.25) is 13.9 Å². The number of halogens is 1. The Morgan fingerprint density at radius 1 is 1.00 bits per heavy atom. The van der Waals surface area contributed by atoms with Crippen LogP contribution in [0, 0.1) is 5.82 Å². The zero-order valence-corrected chi connectivity index (χ0v) is 14.3. The van der Waals surface area contributed by atoms with Crippen molar-refractivity contribution in [2.75, 3.05) is 6.54 Å². The van der Waals surface area contributed by atoms with Crippen molar-refractivity contribution in [3.8, 4) is 0 Å². The van der Waals surface area contributed by atoms with Crippen LogP contribution in [0.4, 0.5) is 4.39 Å². The van der Waals surface area contributed by atoms with Gasteiger partial charge in [0.2, 0.25) is 5.91 Å². The molecule has 0 saturated heterocycles. The topological polar surface area (TPSA) is 56.0 Å². The van der Waals surface area contributed by atoms with Gasteiger partial charge >= 0.3 is 5.69 Å². The minimum Gasteiger partial charge on any atom is -0.355 e. The first-order valence-electron chi connectivity index (χ1n) is 8.11. The number of aromatic nitrogens is 2. The fourth-order valence-electron chi connectivity index (χ4n) is 2.90. The highest BCUT2D eigenvalue weighted by Crippen LogP contribution is 2.14. The second-order valence-corrected chi connectivity index (χ2v) is 6.13. The van der Waals surface area contributed by atoms with Crippen LogP contribution in [-0.2, 0) is 31.7 Å². The van der Waals surface area contributed by atoms with E-state index in [9.17, 15) is 14.0 Å². The molecule has 2 aromatic carbocycles. The fraction of sp³-hybridized carbons (Fsp3) is 0.263. The molecule has 6 heteroatoms. The minimum absolute atomic E-state index is 0.0558. The highest BCUT2D eigenvalue weighted by Gasteiger charge is 2.08. The van der Waals surface area contributed by atoms with E-state index in [1.54, 1.807) is 35.4 Å². The van der Waals surface area contributed by atoms with Gasteiger partial charge in [-0.05, 0) is 41.8 Å². The third kappa shape index (κ3) is 3.63. The van der Waals surface area contributed by atoms with Gasteiger partial charge in [0, 0.05) is 20.6 Å². The normalized spacial score (nSPS) is 11.0. The number of nitrogens with one attached hydrogen (secondary N) is 1. The maximum Gasteiger partial charge on any atom is 0.328 e. The van der Waals surface area contributed by atoms with Crippen molar-refractivity contribution >= 4 is 16.9 Å². The average molecular weight is 341 g/mol. The van der Waals surface area contributed by atoms with E-state index in [2.05, 4.69) is 5.32 Å². The van der Waals surface area contributed by atoms with Crippen LogP contribution in [0.2, 0.25) is 0 Å². The Kier molecular flexibility index (Phi) is 4.70. The summed E-state index contributed by atoms with van der Waals surface area (Å²) in [6.45, 7) is 0.506. The van der Waals surface area contributed by atoms with Gasteiger partial charge in [-0.1, -0.05) is 18.2 Å². The van der Waals surface area contributed by atoms with Crippen molar-refractivity contribution in [3.63, 3.8) is 0 Å². The van der Waals surface area contributed by atoms with E-state index in [0.717, 1.165) is 22.2 Å². The van der Waals surface area contributed by atoms with Crippen LogP contribution in [0.5, 0.6) is 0 Å². The summed E-state index contributed by atoms with van der Waals surface area (Å²) >= 11 is 0. The van der Waals surface area contributed by atoms with E-state index in [-0.39, 0.29) is 23.8 Å². The van der Waals surface area contributed by atoms with Crippen LogP contribution < -0.4 is 11.0 Å². The first kappa shape index (κ1) is 17.0. The molecular weight excluding hydrogens is 321 g/mol. The SMILES string of the molecule is Cn1c(=O)n(C)c2cc(CCNC(=O)Cc3ccc(F)cc3)ccc21. The number of hydrogen-bond acceptors (Lipinski definition) is 2. The van der Waals surface area contributed by atoms with E-state index >= 15 is 0 Å². The van der Waals surface area contributed by atoms with E-state index in [4.69, 9.17) is 0 Å². The molecule has 0 aliphatic heterocycles. The molecular formula is C19H20FN3O2. The first-order valence-corrected chi connectivity index (χ1v) is 8.11. The molecule has 0 radical (unpaired) electrons. The third-order valence-corrected chi connectivity index (χ3v) is 4.35. The summed E-state index contributed by atoms with van der Waals surface area (Å²) in [5, 5.41) is 2.87. The number of aryl methyl sites for hydroxylation is 2. The van der Waals surface area contributed by atoms with Crippen molar-refractivity contribution < 1.29 is 9.18 Å². The monoisotopic (exact) mass is 341 g/mol. The molecule has 3 rings (SSSR count). The fourth-order valence-corrected chi connectivity index (χ4v) is 2.90.